The minimum Gasteiger partial charge on any atom is -0.376 e. The van der Waals surface area contributed by atoms with Crippen LogP contribution in [0.25, 0.3) is 0 Å². The second-order valence-electron chi connectivity index (χ2n) is 3.31. The predicted octanol–water partition coefficient (Wildman–Crippen LogP) is 1.42. The minimum atomic E-state index is 0.142. The van der Waals surface area contributed by atoms with Gasteiger partial charge in [-0.05, 0) is 29.4 Å². The van der Waals surface area contributed by atoms with Crippen LogP contribution in [0.15, 0.2) is 16.8 Å². The molecule has 2 heterocycles. The molecule has 0 spiro atoms. The molecule has 1 fully saturated rings. The summed E-state index contributed by atoms with van der Waals surface area (Å²) in [4.78, 5) is 0. The number of likely N-dealkylation sites (N-methyl/N-ethyl adjacent to an activating group) is 1. The first-order chi connectivity index (χ1) is 6.92. The average molecular weight is 213 g/mol. The summed E-state index contributed by atoms with van der Waals surface area (Å²) >= 11 is 1.71. The molecule has 14 heavy (non-hydrogen) atoms. The van der Waals surface area contributed by atoms with E-state index in [1.54, 1.807) is 11.3 Å². The highest BCUT2D eigenvalue weighted by molar-refractivity contribution is 7.07. The molecule has 3 nitrogen and oxygen atoms in total. The summed E-state index contributed by atoms with van der Waals surface area (Å²) < 4.78 is 11.1. The molecule has 0 amide bonds. The van der Waals surface area contributed by atoms with Crippen molar-refractivity contribution in [1.29, 1.82) is 0 Å². The van der Waals surface area contributed by atoms with E-state index in [4.69, 9.17) is 9.47 Å². The zero-order valence-electron chi connectivity index (χ0n) is 8.23. The molecule has 1 aromatic rings. The number of thiophene rings is 1. The van der Waals surface area contributed by atoms with Gasteiger partial charge in [0.25, 0.3) is 0 Å². The Hall–Kier alpha value is -0.420. The summed E-state index contributed by atoms with van der Waals surface area (Å²) in [6, 6.07) is 2.38. The Morgan fingerprint density at radius 3 is 3.07 bits per heavy atom. The fourth-order valence-electron chi connectivity index (χ4n) is 1.72. The van der Waals surface area contributed by atoms with Gasteiger partial charge < -0.3 is 14.8 Å². The second kappa shape index (κ2) is 4.89. The number of hydrogen-bond donors (Lipinski definition) is 1. The highest BCUT2D eigenvalue weighted by atomic mass is 32.1. The van der Waals surface area contributed by atoms with Gasteiger partial charge in [-0.15, -0.1) is 0 Å². The largest absolute Gasteiger partial charge is 0.376 e. The molecule has 1 aliphatic rings. The minimum absolute atomic E-state index is 0.142. The van der Waals surface area contributed by atoms with E-state index < -0.39 is 0 Å². The Kier molecular flexibility index (Phi) is 3.53. The Labute approximate surface area is 88.0 Å². The molecular formula is C10H15NO2S. The van der Waals surface area contributed by atoms with Gasteiger partial charge in [-0.2, -0.15) is 11.3 Å². The Morgan fingerprint density at radius 1 is 1.57 bits per heavy atom. The average Bonchev–Trinajstić information content (AvgIpc) is 2.74. The van der Waals surface area contributed by atoms with Crippen LogP contribution in [0.4, 0.5) is 0 Å². The van der Waals surface area contributed by atoms with Gasteiger partial charge in [-0.1, -0.05) is 0 Å². The molecule has 2 rings (SSSR count). The first-order valence-electron chi connectivity index (χ1n) is 4.80. The fourth-order valence-corrected chi connectivity index (χ4v) is 2.41. The van der Waals surface area contributed by atoms with Crippen LogP contribution >= 0.6 is 11.3 Å². The lowest BCUT2D eigenvalue weighted by Gasteiger charge is -2.29. The highest BCUT2D eigenvalue weighted by Gasteiger charge is 2.25. The van der Waals surface area contributed by atoms with Crippen molar-refractivity contribution in [3.8, 4) is 0 Å². The van der Waals surface area contributed by atoms with Gasteiger partial charge in [-0.3, -0.25) is 0 Å². The van der Waals surface area contributed by atoms with E-state index in [0.29, 0.717) is 13.2 Å². The summed E-state index contributed by atoms with van der Waals surface area (Å²) in [7, 11) is 1.96. The van der Waals surface area contributed by atoms with Gasteiger partial charge in [0.2, 0.25) is 0 Å². The maximum Gasteiger partial charge on any atom is 0.100 e. The lowest BCUT2D eigenvalue weighted by atomic mass is 10.1. The van der Waals surface area contributed by atoms with Crippen LogP contribution in [-0.4, -0.2) is 33.0 Å². The molecule has 1 aromatic heterocycles. The van der Waals surface area contributed by atoms with Gasteiger partial charge in [0.05, 0.1) is 25.9 Å². The molecule has 1 saturated heterocycles. The summed E-state index contributed by atoms with van der Waals surface area (Å²) in [5, 5.41) is 7.51. The summed E-state index contributed by atoms with van der Waals surface area (Å²) in [5.41, 5.74) is 1.29. The first kappa shape index (κ1) is 10.1. The Balaban J connectivity index is 2.04. The van der Waals surface area contributed by atoms with Crippen molar-refractivity contribution >= 4 is 11.3 Å². The van der Waals surface area contributed by atoms with Gasteiger partial charge in [0.15, 0.2) is 0 Å². The zero-order valence-corrected chi connectivity index (χ0v) is 9.05. The quantitative estimate of drug-likeness (QED) is 0.824. The third kappa shape index (κ3) is 2.15. The van der Waals surface area contributed by atoms with Gasteiger partial charge in [-0.25, -0.2) is 0 Å². The van der Waals surface area contributed by atoms with E-state index in [0.717, 1.165) is 6.61 Å². The maximum atomic E-state index is 5.67. The van der Waals surface area contributed by atoms with Crippen molar-refractivity contribution in [2.24, 2.45) is 0 Å². The molecule has 78 valence electrons. The molecule has 1 N–H and O–H groups in total. The molecule has 1 aliphatic heterocycles. The fraction of sp³-hybridized carbons (Fsp3) is 0.600. The Morgan fingerprint density at radius 2 is 2.50 bits per heavy atom. The van der Waals surface area contributed by atoms with Gasteiger partial charge >= 0.3 is 0 Å². The van der Waals surface area contributed by atoms with Crippen LogP contribution in [0.5, 0.6) is 0 Å². The molecule has 0 radical (unpaired) electrons. The number of nitrogens with one attached hydrogen (secondary N) is 1. The van der Waals surface area contributed by atoms with E-state index >= 15 is 0 Å². The maximum absolute atomic E-state index is 5.67. The van der Waals surface area contributed by atoms with Crippen molar-refractivity contribution in [3.05, 3.63) is 22.4 Å². The van der Waals surface area contributed by atoms with Crippen LogP contribution in [0, 0.1) is 0 Å². The standard InChI is InChI=1S/C10H15NO2S/c1-11-10(8-2-5-14-7-8)9-6-12-3-4-13-9/h2,5,7,9-11H,3-4,6H2,1H3. The Bertz CT molecular complexity index is 257. The van der Waals surface area contributed by atoms with Crippen molar-refractivity contribution in [1.82, 2.24) is 5.32 Å². The monoisotopic (exact) mass is 213 g/mol. The van der Waals surface area contributed by atoms with E-state index in [1.807, 2.05) is 7.05 Å². The van der Waals surface area contributed by atoms with Crippen LogP contribution in [-0.2, 0) is 9.47 Å². The van der Waals surface area contributed by atoms with Crippen molar-refractivity contribution < 1.29 is 9.47 Å². The third-order valence-electron chi connectivity index (χ3n) is 2.43. The summed E-state index contributed by atoms with van der Waals surface area (Å²) in [6.45, 7) is 2.10. The molecule has 2 atom stereocenters. The van der Waals surface area contributed by atoms with E-state index in [1.165, 1.54) is 5.56 Å². The molecule has 0 bridgehead atoms. The van der Waals surface area contributed by atoms with E-state index in [-0.39, 0.29) is 12.1 Å². The van der Waals surface area contributed by atoms with Crippen molar-refractivity contribution in [2.75, 3.05) is 26.9 Å². The van der Waals surface area contributed by atoms with Gasteiger partial charge in [0.1, 0.15) is 6.10 Å². The van der Waals surface area contributed by atoms with Crippen LogP contribution < -0.4 is 5.32 Å². The molecule has 0 aliphatic carbocycles. The van der Waals surface area contributed by atoms with Crippen LogP contribution in [0.3, 0.4) is 0 Å². The van der Waals surface area contributed by atoms with E-state index in [2.05, 4.69) is 22.1 Å². The lowest BCUT2D eigenvalue weighted by Crippen LogP contribution is -2.39. The number of ether oxygens (including phenoxy) is 2. The van der Waals surface area contributed by atoms with Crippen LogP contribution in [0.1, 0.15) is 11.6 Å². The number of hydrogen-bond acceptors (Lipinski definition) is 4. The molecule has 0 aromatic carbocycles. The topological polar surface area (TPSA) is 30.5 Å². The normalized spacial score (nSPS) is 24.8. The molecule has 2 unspecified atom stereocenters. The van der Waals surface area contributed by atoms with Crippen molar-refractivity contribution in [2.45, 2.75) is 12.1 Å². The lowest BCUT2D eigenvalue weighted by molar-refractivity contribution is -0.101. The SMILES string of the molecule is CNC(c1ccsc1)C1COCCO1. The first-order valence-corrected chi connectivity index (χ1v) is 5.75. The molecule has 4 heteroatoms. The highest BCUT2D eigenvalue weighted by Crippen LogP contribution is 2.23. The predicted molar refractivity (Wildman–Crippen MR) is 56.7 cm³/mol. The van der Waals surface area contributed by atoms with Crippen molar-refractivity contribution in [3.63, 3.8) is 0 Å². The zero-order chi connectivity index (χ0) is 9.80. The summed E-state index contributed by atoms with van der Waals surface area (Å²) in [5.74, 6) is 0. The smallest absolute Gasteiger partial charge is 0.100 e. The van der Waals surface area contributed by atoms with Gasteiger partial charge in [0, 0.05) is 0 Å². The number of rotatable bonds is 3. The summed E-state index contributed by atoms with van der Waals surface area (Å²) in [6.07, 6.45) is 0.142. The van der Waals surface area contributed by atoms with E-state index in [9.17, 15) is 0 Å². The molecular weight excluding hydrogens is 198 g/mol. The van der Waals surface area contributed by atoms with Crippen LogP contribution in [0.2, 0.25) is 0 Å². The third-order valence-corrected chi connectivity index (χ3v) is 3.13. The second-order valence-corrected chi connectivity index (χ2v) is 4.09. The molecule has 0 saturated carbocycles.